The van der Waals surface area contributed by atoms with Gasteiger partial charge in [-0.1, -0.05) is 0 Å². The molecule has 2 N–H and O–H groups in total. The van der Waals surface area contributed by atoms with Gasteiger partial charge in [-0.2, -0.15) is 4.31 Å². The van der Waals surface area contributed by atoms with Crippen molar-refractivity contribution in [1.82, 2.24) is 14.9 Å². The van der Waals surface area contributed by atoms with E-state index in [0.717, 1.165) is 4.31 Å². The van der Waals surface area contributed by atoms with Crippen molar-refractivity contribution in [3.8, 4) is 0 Å². The Morgan fingerprint density at radius 3 is 2.70 bits per heavy atom. The Labute approximate surface area is 115 Å². The Bertz CT molecular complexity index is 559. The number of hydrogen-bond donors (Lipinski definition) is 2. The molecule has 9 nitrogen and oxygen atoms in total. The first-order valence-electron chi connectivity index (χ1n) is 5.97. The lowest BCUT2D eigenvalue weighted by molar-refractivity contribution is -0.140. The highest BCUT2D eigenvalue weighted by Gasteiger charge is 2.52. The third-order valence-corrected chi connectivity index (χ3v) is 5.25. The molecular weight excluding hydrogens is 290 g/mol. The highest BCUT2D eigenvalue weighted by molar-refractivity contribution is 7.89. The molecule has 0 radical (unpaired) electrons. The molecule has 10 heteroatoms. The molecule has 0 bridgehead atoms. The number of urea groups is 1. The second-order valence-corrected chi connectivity index (χ2v) is 6.80. The Kier molecular flexibility index (Phi) is 3.69. The van der Waals surface area contributed by atoms with Crippen LogP contribution in [0.25, 0.3) is 0 Å². The zero-order chi connectivity index (χ0) is 15.0. The Morgan fingerprint density at radius 2 is 2.15 bits per heavy atom. The van der Waals surface area contributed by atoms with Gasteiger partial charge in [-0.25, -0.2) is 13.2 Å². The molecule has 2 aliphatic rings. The van der Waals surface area contributed by atoms with E-state index in [4.69, 9.17) is 0 Å². The van der Waals surface area contributed by atoms with Gasteiger partial charge in [-0.15, -0.1) is 0 Å². The van der Waals surface area contributed by atoms with Gasteiger partial charge in [-0.3, -0.25) is 14.9 Å². The summed E-state index contributed by atoms with van der Waals surface area (Å²) in [6.45, 7) is 0.00524. The number of hydrogen-bond acceptors (Lipinski definition) is 6. The van der Waals surface area contributed by atoms with E-state index in [1.807, 2.05) is 0 Å². The fourth-order valence-corrected chi connectivity index (χ4v) is 3.74. The predicted molar refractivity (Wildman–Crippen MR) is 66.0 cm³/mol. The third-order valence-electron chi connectivity index (χ3n) is 3.43. The van der Waals surface area contributed by atoms with Crippen molar-refractivity contribution in [2.24, 2.45) is 0 Å². The lowest BCUT2D eigenvalue weighted by Gasteiger charge is -2.20. The predicted octanol–water partition coefficient (Wildman–Crippen LogP) is -1.84. The molecule has 2 rings (SSSR count). The van der Waals surface area contributed by atoms with Crippen LogP contribution in [-0.4, -0.2) is 62.1 Å². The summed E-state index contributed by atoms with van der Waals surface area (Å²) in [6, 6.07) is -0.621. The zero-order valence-corrected chi connectivity index (χ0v) is 11.7. The quantitative estimate of drug-likeness (QED) is 0.465. The SMILES string of the molecule is COC(=O)CCS(=O)(=O)N1CCC2(C1)NC(=O)NC2=O. The molecule has 2 aliphatic heterocycles. The minimum absolute atomic E-state index is 0.117. The van der Waals surface area contributed by atoms with E-state index < -0.39 is 33.5 Å². The number of carbonyl (C=O) groups is 3. The van der Waals surface area contributed by atoms with Crippen molar-refractivity contribution in [2.45, 2.75) is 18.4 Å². The minimum atomic E-state index is -3.67. The molecule has 1 atom stereocenters. The summed E-state index contributed by atoms with van der Waals surface area (Å²) in [5.74, 6) is -1.52. The normalized spacial score (nSPS) is 26.6. The van der Waals surface area contributed by atoms with Crippen LogP contribution in [0.15, 0.2) is 0 Å². The first kappa shape index (κ1) is 14.7. The third kappa shape index (κ3) is 2.61. The van der Waals surface area contributed by atoms with Gasteiger partial charge >= 0.3 is 12.0 Å². The topological polar surface area (TPSA) is 122 Å². The summed E-state index contributed by atoms with van der Waals surface area (Å²) in [5.41, 5.74) is -1.19. The second kappa shape index (κ2) is 5.02. The number of amides is 3. The smallest absolute Gasteiger partial charge is 0.322 e. The van der Waals surface area contributed by atoms with Crippen molar-refractivity contribution in [3.05, 3.63) is 0 Å². The largest absolute Gasteiger partial charge is 0.469 e. The first-order chi connectivity index (χ1) is 9.29. The summed E-state index contributed by atoms with van der Waals surface area (Å²) in [6.07, 6.45) is -0.0388. The Balaban J connectivity index is 2.03. The number of imide groups is 1. The number of nitrogens with zero attached hydrogens (tertiary/aromatic N) is 1. The maximum Gasteiger partial charge on any atom is 0.322 e. The van der Waals surface area contributed by atoms with Crippen LogP contribution in [0.5, 0.6) is 0 Å². The van der Waals surface area contributed by atoms with Gasteiger partial charge in [0.2, 0.25) is 10.0 Å². The first-order valence-corrected chi connectivity index (χ1v) is 7.58. The lowest BCUT2D eigenvalue weighted by Crippen LogP contribution is -2.49. The molecule has 0 aromatic heterocycles. The van der Waals surface area contributed by atoms with E-state index in [9.17, 15) is 22.8 Å². The molecule has 0 aromatic carbocycles. The summed E-state index contributed by atoms with van der Waals surface area (Å²) in [5, 5.41) is 4.56. The van der Waals surface area contributed by atoms with E-state index in [1.165, 1.54) is 7.11 Å². The van der Waals surface area contributed by atoms with E-state index >= 15 is 0 Å². The van der Waals surface area contributed by atoms with Crippen LogP contribution in [-0.2, 0) is 24.3 Å². The second-order valence-electron chi connectivity index (χ2n) is 4.72. The van der Waals surface area contributed by atoms with E-state index in [1.54, 1.807) is 0 Å². The standard InChI is InChI=1S/C10H15N3O6S/c1-19-7(14)2-5-20(17,18)13-4-3-10(6-13)8(15)11-9(16)12-10/h2-6H2,1H3,(H2,11,12,15,16). The fourth-order valence-electron chi connectivity index (χ4n) is 2.27. The monoisotopic (exact) mass is 305 g/mol. The summed E-state index contributed by atoms with van der Waals surface area (Å²) < 4.78 is 29.6. The molecule has 20 heavy (non-hydrogen) atoms. The fraction of sp³-hybridized carbons (Fsp3) is 0.700. The maximum absolute atomic E-state index is 12.1. The van der Waals surface area contributed by atoms with E-state index in [-0.39, 0.29) is 31.7 Å². The highest BCUT2D eigenvalue weighted by atomic mass is 32.2. The maximum atomic E-state index is 12.1. The van der Waals surface area contributed by atoms with Crippen LogP contribution in [0.3, 0.4) is 0 Å². The number of methoxy groups -OCH3 is 1. The number of sulfonamides is 1. The van der Waals surface area contributed by atoms with Gasteiger partial charge in [0.05, 0.1) is 19.3 Å². The van der Waals surface area contributed by atoms with Crippen molar-refractivity contribution in [2.75, 3.05) is 26.0 Å². The van der Waals surface area contributed by atoms with Gasteiger partial charge in [0, 0.05) is 13.1 Å². The van der Waals surface area contributed by atoms with Crippen LogP contribution in [0.1, 0.15) is 12.8 Å². The van der Waals surface area contributed by atoms with Crippen molar-refractivity contribution < 1.29 is 27.5 Å². The summed E-state index contributed by atoms with van der Waals surface area (Å²) in [7, 11) is -2.49. The Hall–Kier alpha value is -1.68. The molecule has 2 saturated heterocycles. The van der Waals surface area contributed by atoms with E-state index in [0.29, 0.717) is 0 Å². The Morgan fingerprint density at radius 1 is 1.45 bits per heavy atom. The lowest BCUT2D eigenvalue weighted by atomic mass is 10.00. The van der Waals surface area contributed by atoms with Crippen LogP contribution < -0.4 is 10.6 Å². The van der Waals surface area contributed by atoms with Gasteiger partial charge in [0.15, 0.2) is 0 Å². The van der Waals surface area contributed by atoms with Crippen molar-refractivity contribution in [3.63, 3.8) is 0 Å². The minimum Gasteiger partial charge on any atom is -0.469 e. The zero-order valence-electron chi connectivity index (χ0n) is 10.8. The van der Waals surface area contributed by atoms with Crippen LogP contribution >= 0.6 is 0 Å². The van der Waals surface area contributed by atoms with Crippen LogP contribution in [0.4, 0.5) is 4.79 Å². The molecule has 0 aliphatic carbocycles. The van der Waals surface area contributed by atoms with Crippen LogP contribution in [0.2, 0.25) is 0 Å². The molecule has 2 fully saturated rings. The molecule has 112 valence electrons. The summed E-state index contributed by atoms with van der Waals surface area (Å²) in [4.78, 5) is 33.8. The van der Waals surface area contributed by atoms with E-state index in [2.05, 4.69) is 15.4 Å². The average molecular weight is 305 g/mol. The molecule has 1 unspecified atom stereocenters. The molecule has 3 amide bonds. The number of carbonyl (C=O) groups excluding carboxylic acids is 3. The van der Waals surface area contributed by atoms with Gasteiger partial charge in [0.1, 0.15) is 5.54 Å². The van der Waals surface area contributed by atoms with Gasteiger partial charge in [0.25, 0.3) is 5.91 Å². The average Bonchev–Trinajstić information content (AvgIpc) is 2.92. The number of nitrogens with one attached hydrogen (secondary N) is 2. The number of rotatable bonds is 4. The molecule has 0 aromatic rings. The number of esters is 1. The summed E-state index contributed by atoms with van der Waals surface area (Å²) >= 11 is 0. The van der Waals surface area contributed by atoms with Crippen LogP contribution in [0, 0.1) is 0 Å². The number of ether oxygens (including phenoxy) is 1. The highest BCUT2D eigenvalue weighted by Crippen LogP contribution is 2.26. The van der Waals surface area contributed by atoms with Gasteiger partial charge < -0.3 is 10.1 Å². The van der Waals surface area contributed by atoms with Gasteiger partial charge in [-0.05, 0) is 6.42 Å². The van der Waals surface area contributed by atoms with Crippen molar-refractivity contribution in [1.29, 1.82) is 0 Å². The van der Waals surface area contributed by atoms with Crippen molar-refractivity contribution >= 4 is 27.9 Å². The molecule has 1 spiro atoms. The molecule has 0 saturated carbocycles. The molecule has 2 heterocycles. The molecular formula is C10H15N3O6S.